The minimum absolute atomic E-state index is 0.0456. The number of thioether (sulfide) groups is 1. The van der Waals surface area contributed by atoms with Crippen LogP contribution < -0.4 is 0 Å². The van der Waals surface area contributed by atoms with Crippen LogP contribution in [0.5, 0.6) is 0 Å². The maximum atomic E-state index is 12.3. The molecule has 0 radical (unpaired) electrons. The van der Waals surface area contributed by atoms with Gasteiger partial charge in [0, 0.05) is 4.90 Å². The Labute approximate surface area is 111 Å². The van der Waals surface area contributed by atoms with Gasteiger partial charge in [0.1, 0.15) is 6.54 Å². The predicted octanol–water partition coefficient (Wildman–Crippen LogP) is 1.69. The van der Waals surface area contributed by atoms with Crippen LogP contribution in [0.1, 0.15) is 5.56 Å². The number of rotatable bonds is 3. The standard InChI is InChI=1S/C14H12N2OS/c1-2-8-16(9-7-15)14(17)13-10-11-5-3-4-6-12(11)18-13/h1,3-6,13H,8-10H2. The number of nitrogens with zero attached hydrogens (tertiary/aromatic N) is 2. The first-order chi connectivity index (χ1) is 8.76. The number of hydrogen-bond donors (Lipinski definition) is 0. The fraction of sp³-hybridized carbons (Fsp3) is 0.286. The van der Waals surface area contributed by atoms with Crippen LogP contribution in [0.4, 0.5) is 0 Å². The van der Waals surface area contributed by atoms with Crippen molar-refractivity contribution >= 4 is 17.7 Å². The van der Waals surface area contributed by atoms with Gasteiger partial charge in [-0.25, -0.2) is 0 Å². The SMILES string of the molecule is C#CCN(CC#N)C(=O)C1Cc2ccccc2S1. The molecule has 1 aromatic rings. The van der Waals surface area contributed by atoms with Crippen LogP contribution in [-0.4, -0.2) is 29.1 Å². The van der Waals surface area contributed by atoms with E-state index >= 15 is 0 Å². The monoisotopic (exact) mass is 256 g/mol. The van der Waals surface area contributed by atoms with E-state index in [9.17, 15) is 4.79 Å². The van der Waals surface area contributed by atoms with Crippen molar-refractivity contribution < 1.29 is 4.79 Å². The van der Waals surface area contributed by atoms with E-state index < -0.39 is 0 Å². The van der Waals surface area contributed by atoms with Crippen LogP contribution in [0.2, 0.25) is 0 Å². The summed E-state index contributed by atoms with van der Waals surface area (Å²) in [5.41, 5.74) is 1.19. The Morgan fingerprint density at radius 3 is 2.94 bits per heavy atom. The number of terminal acetylenes is 1. The fourth-order valence-electron chi connectivity index (χ4n) is 1.93. The van der Waals surface area contributed by atoms with Crippen molar-refractivity contribution in [1.82, 2.24) is 4.90 Å². The van der Waals surface area contributed by atoms with Crippen LogP contribution in [-0.2, 0) is 11.2 Å². The number of hydrogen-bond acceptors (Lipinski definition) is 3. The van der Waals surface area contributed by atoms with Crippen LogP contribution in [0.15, 0.2) is 29.2 Å². The normalized spacial score (nSPS) is 16.4. The Kier molecular flexibility index (Phi) is 3.92. The Bertz CT molecular complexity index is 500. The van der Waals surface area contributed by atoms with E-state index in [1.165, 1.54) is 10.5 Å². The molecule has 1 atom stereocenters. The highest BCUT2D eigenvalue weighted by Crippen LogP contribution is 2.37. The van der Waals surface area contributed by atoms with E-state index in [0.717, 1.165) is 4.90 Å². The summed E-state index contributed by atoms with van der Waals surface area (Å²) in [6.07, 6.45) is 5.93. The number of carbonyl (C=O) groups is 1. The summed E-state index contributed by atoms with van der Waals surface area (Å²) in [4.78, 5) is 14.8. The molecule has 1 amide bonds. The van der Waals surface area contributed by atoms with Gasteiger partial charge in [-0.1, -0.05) is 24.1 Å². The average molecular weight is 256 g/mol. The summed E-state index contributed by atoms with van der Waals surface area (Å²) in [6, 6.07) is 9.97. The van der Waals surface area contributed by atoms with Crippen LogP contribution in [0.3, 0.4) is 0 Å². The van der Waals surface area contributed by atoms with Crippen LogP contribution in [0.25, 0.3) is 0 Å². The Morgan fingerprint density at radius 1 is 1.50 bits per heavy atom. The molecule has 0 aromatic heterocycles. The molecule has 0 bridgehead atoms. The topological polar surface area (TPSA) is 44.1 Å². The summed E-state index contributed by atoms with van der Waals surface area (Å²) >= 11 is 1.56. The van der Waals surface area contributed by atoms with Crippen molar-refractivity contribution in [2.24, 2.45) is 0 Å². The summed E-state index contributed by atoms with van der Waals surface area (Å²) in [7, 11) is 0. The summed E-state index contributed by atoms with van der Waals surface area (Å²) in [5.74, 6) is 2.38. The van der Waals surface area contributed by atoms with Gasteiger partial charge in [-0.3, -0.25) is 4.79 Å². The van der Waals surface area contributed by atoms with Gasteiger partial charge in [-0.05, 0) is 18.1 Å². The highest BCUT2D eigenvalue weighted by molar-refractivity contribution is 8.01. The molecule has 4 heteroatoms. The largest absolute Gasteiger partial charge is 0.317 e. The lowest BCUT2D eigenvalue weighted by atomic mass is 10.1. The maximum Gasteiger partial charge on any atom is 0.238 e. The molecule has 1 aliphatic rings. The Balaban J connectivity index is 2.09. The van der Waals surface area contributed by atoms with Crippen LogP contribution in [0, 0.1) is 23.7 Å². The molecule has 3 nitrogen and oxygen atoms in total. The van der Waals surface area contributed by atoms with Crippen molar-refractivity contribution in [3.63, 3.8) is 0 Å². The first-order valence-electron chi connectivity index (χ1n) is 5.60. The molecule has 0 N–H and O–H groups in total. The molecule has 18 heavy (non-hydrogen) atoms. The van der Waals surface area contributed by atoms with E-state index in [1.807, 2.05) is 30.3 Å². The van der Waals surface area contributed by atoms with Crippen molar-refractivity contribution in [1.29, 1.82) is 5.26 Å². The second-order valence-corrected chi connectivity index (χ2v) is 5.22. The van der Waals surface area contributed by atoms with Crippen molar-refractivity contribution in [2.45, 2.75) is 16.6 Å². The zero-order valence-electron chi connectivity index (χ0n) is 9.80. The smallest absolute Gasteiger partial charge is 0.238 e. The van der Waals surface area contributed by atoms with Gasteiger partial charge >= 0.3 is 0 Å². The molecule has 90 valence electrons. The van der Waals surface area contributed by atoms with Gasteiger partial charge in [-0.2, -0.15) is 5.26 Å². The number of benzene rings is 1. The van der Waals surface area contributed by atoms with E-state index in [1.54, 1.807) is 11.8 Å². The third kappa shape index (κ3) is 2.50. The van der Waals surface area contributed by atoms with Gasteiger partial charge in [0.15, 0.2) is 0 Å². The highest BCUT2D eigenvalue weighted by atomic mass is 32.2. The minimum atomic E-state index is -0.149. The van der Waals surface area contributed by atoms with Gasteiger partial charge < -0.3 is 4.90 Å². The molecule has 2 rings (SSSR count). The molecule has 0 aliphatic carbocycles. The molecular weight excluding hydrogens is 244 g/mol. The zero-order valence-corrected chi connectivity index (χ0v) is 10.6. The molecule has 1 aromatic carbocycles. The zero-order chi connectivity index (χ0) is 13.0. The van der Waals surface area contributed by atoms with Gasteiger partial charge in [0.2, 0.25) is 5.91 Å². The molecule has 1 heterocycles. The van der Waals surface area contributed by atoms with Crippen molar-refractivity contribution in [3.05, 3.63) is 29.8 Å². The van der Waals surface area contributed by atoms with Crippen LogP contribution >= 0.6 is 11.8 Å². The fourth-order valence-corrected chi connectivity index (χ4v) is 3.21. The van der Waals surface area contributed by atoms with E-state index in [-0.39, 0.29) is 24.2 Å². The van der Waals surface area contributed by atoms with Gasteiger partial charge in [-0.15, -0.1) is 18.2 Å². The molecule has 1 unspecified atom stereocenters. The Hall–Kier alpha value is -1.91. The van der Waals surface area contributed by atoms with E-state index in [4.69, 9.17) is 11.7 Å². The van der Waals surface area contributed by atoms with E-state index in [0.29, 0.717) is 6.42 Å². The van der Waals surface area contributed by atoms with E-state index in [2.05, 4.69) is 5.92 Å². The molecular formula is C14H12N2OS. The summed E-state index contributed by atoms with van der Waals surface area (Å²) < 4.78 is 0. The summed E-state index contributed by atoms with van der Waals surface area (Å²) in [6.45, 7) is 0.246. The van der Waals surface area contributed by atoms with Crippen molar-refractivity contribution in [2.75, 3.05) is 13.1 Å². The third-order valence-electron chi connectivity index (χ3n) is 2.78. The molecule has 0 saturated carbocycles. The minimum Gasteiger partial charge on any atom is -0.317 e. The first-order valence-corrected chi connectivity index (χ1v) is 6.48. The Morgan fingerprint density at radius 2 is 2.28 bits per heavy atom. The molecule has 1 aliphatic heterocycles. The average Bonchev–Trinajstić information content (AvgIpc) is 2.81. The highest BCUT2D eigenvalue weighted by Gasteiger charge is 2.30. The van der Waals surface area contributed by atoms with Gasteiger partial charge in [0.05, 0.1) is 17.9 Å². The number of fused-ring (bicyclic) bond motifs is 1. The lowest BCUT2D eigenvalue weighted by molar-refractivity contribution is -0.129. The third-order valence-corrected chi connectivity index (χ3v) is 4.08. The quantitative estimate of drug-likeness (QED) is 0.610. The predicted molar refractivity (Wildman–Crippen MR) is 70.8 cm³/mol. The second-order valence-electron chi connectivity index (χ2n) is 3.97. The maximum absolute atomic E-state index is 12.3. The number of amides is 1. The second kappa shape index (κ2) is 5.62. The molecule has 0 saturated heterocycles. The van der Waals surface area contributed by atoms with Crippen molar-refractivity contribution in [3.8, 4) is 18.4 Å². The lowest BCUT2D eigenvalue weighted by Gasteiger charge is -2.19. The van der Waals surface area contributed by atoms with Gasteiger partial charge in [0.25, 0.3) is 0 Å². The molecule has 0 spiro atoms. The molecule has 0 fully saturated rings. The first kappa shape index (κ1) is 12.5. The number of carbonyl (C=O) groups excluding carboxylic acids is 1. The lowest BCUT2D eigenvalue weighted by Crippen LogP contribution is -2.38. The summed E-state index contributed by atoms with van der Waals surface area (Å²) in [5, 5.41) is 8.56. The number of nitriles is 1.